The molecule has 2 aromatic carbocycles. The highest BCUT2D eigenvalue weighted by Crippen LogP contribution is 2.27. The topological polar surface area (TPSA) is 0 Å². The second-order valence-electron chi connectivity index (χ2n) is 5.53. The van der Waals surface area contributed by atoms with Crippen molar-refractivity contribution in [2.45, 2.75) is 32.4 Å². The number of benzene rings is 2. The van der Waals surface area contributed by atoms with Crippen molar-refractivity contribution in [3.8, 4) is 11.1 Å². The molecule has 0 radical (unpaired) electrons. The molecule has 128 valence electrons. The zero-order valence-corrected chi connectivity index (χ0v) is 13.1. The summed E-state index contributed by atoms with van der Waals surface area (Å²) in [4.78, 5) is 0. The fourth-order valence-corrected chi connectivity index (χ4v) is 2.34. The predicted octanol–water partition coefficient (Wildman–Crippen LogP) is 6.55. The van der Waals surface area contributed by atoms with Gasteiger partial charge in [0.15, 0.2) is 0 Å². The van der Waals surface area contributed by atoms with Gasteiger partial charge in [0, 0.05) is 17.2 Å². The maximum absolute atomic E-state index is 14.2. The Hall–Kier alpha value is -2.17. The molecule has 0 atom stereocenters. The summed E-state index contributed by atoms with van der Waals surface area (Å²) >= 11 is 0. The third kappa shape index (κ3) is 4.91. The van der Waals surface area contributed by atoms with E-state index in [4.69, 9.17) is 0 Å². The normalized spacial score (nSPS) is 12.1. The van der Waals surface area contributed by atoms with Crippen molar-refractivity contribution >= 4 is 6.08 Å². The molecule has 0 aliphatic heterocycles. The van der Waals surface area contributed by atoms with Gasteiger partial charge in [0.1, 0.15) is 11.6 Å². The molecule has 0 heterocycles. The Kier molecular flexibility index (Phi) is 5.75. The Balaban J connectivity index is 2.27. The van der Waals surface area contributed by atoms with Crippen molar-refractivity contribution < 1.29 is 22.0 Å². The zero-order valence-electron chi connectivity index (χ0n) is 13.1. The van der Waals surface area contributed by atoms with Crippen LogP contribution in [-0.2, 0) is 6.42 Å². The molecule has 0 bridgehead atoms. The Morgan fingerprint density at radius 3 is 2.29 bits per heavy atom. The lowest BCUT2D eigenvalue weighted by atomic mass is 9.99. The molecule has 0 aliphatic rings. The fourth-order valence-electron chi connectivity index (χ4n) is 2.34. The lowest BCUT2D eigenvalue weighted by molar-refractivity contribution is -0.0790. The van der Waals surface area contributed by atoms with Crippen LogP contribution in [0.1, 0.15) is 30.9 Å². The summed E-state index contributed by atoms with van der Waals surface area (Å²) in [6, 6.07) is 8.42. The molecule has 0 amide bonds. The van der Waals surface area contributed by atoms with E-state index in [1.54, 1.807) is 12.1 Å². The molecule has 0 saturated heterocycles. The van der Waals surface area contributed by atoms with Crippen LogP contribution in [0.5, 0.6) is 0 Å². The molecule has 5 heteroatoms. The van der Waals surface area contributed by atoms with Crippen LogP contribution in [0, 0.1) is 11.6 Å². The van der Waals surface area contributed by atoms with E-state index < -0.39 is 17.8 Å². The number of allylic oxidation sites excluding steroid dienone is 1. The lowest BCUT2D eigenvalue weighted by Gasteiger charge is -2.08. The van der Waals surface area contributed by atoms with Crippen molar-refractivity contribution in [1.29, 1.82) is 0 Å². The number of hydrogen-bond donors (Lipinski definition) is 0. The van der Waals surface area contributed by atoms with Gasteiger partial charge in [-0.3, -0.25) is 0 Å². The number of unbranched alkanes of at least 4 members (excludes halogenated alkanes) is 1. The number of alkyl halides is 3. The quantitative estimate of drug-likeness (QED) is 0.541. The molecule has 0 aromatic heterocycles. The first-order valence-corrected chi connectivity index (χ1v) is 7.64. The molecule has 0 fully saturated rings. The monoisotopic (exact) mass is 340 g/mol. The van der Waals surface area contributed by atoms with Crippen LogP contribution in [0.15, 0.2) is 42.5 Å². The van der Waals surface area contributed by atoms with Gasteiger partial charge in [0.2, 0.25) is 0 Å². The molecule has 0 unspecified atom stereocenters. The van der Waals surface area contributed by atoms with Crippen molar-refractivity contribution in [3.63, 3.8) is 0 Å². The van der Waals surface area contributed by atoms with Crippen molar-refractivity contribution in [2.75, 3.05) is 0 Å². The standard InChI is InChI=1S/C19H17F5/c1-2-3-4-13-5-8-16(18(21)11-13)15-7-6-14(17(20)12-15)9-10-19(22,23)24/h5-12H,2-4H2,1H3/b10-9+. The fraction of sp³-hybridized carbons (Fsp3) is 0.263. The molecule has 2 rings (SSSR count). The third-order valence-electron chi connectivity index (χ3n) is 3.62. The predicted molar refractivity (Wildman–Crippen MR) is 85.5 cm³/mol. The van der Waals surface area contributed by atoms with E-state index in [2.05, 4.69) is 0 Å². The molecule has 2 aromatic rings. The van der Waals surface area contributed by atoms with Gasteiger partial charge in [-0.15, -0.1) is 0 Å². The summed E-state index contributed by atoms with van der Waals surface area (Å²) in [6.45, 7) is 2.04. The van der Waals surface area contributed by atoms with Crippen LogP contribution in [0.2, 0.25) is 0 Å². The van der Waals surface area contributed by atoms with E-state index >= 15 is 0 Å². The summed E-state index contributed by atoms with van der Waals surface area (Å²) in [6.07, 6.45) is -1.17. The van der Waals surface area contributed by atoms with Crippen molar-refractivity contribution in [3.05, 3.63) is 65.2 Å². The minimum atomic E-state index is -4.51. The Morgan fingerprint density at radius 1 is 0.958 bits per heavy atom. The first-order valence-electron chi connectivity index (χ1n) is 7.64. The van der Waals surface area contributed by atoms with Crippen LogP contribution < -0.4 is 0 Å². The van der Waals surface area contributed by atoms with E-state index in [0.717, 1.165) is 30.9 Å². The molecule has 0 spiro atoms. The molecule has 0 nitrogen and oxygen atoms in total. The van der Waals surface area contributed by atoms with E-state index in [-0.39, 0.29) is 22.8 Å². The van der Waals surface area contributed by atoms with Gasteiger partial charge in [-0.25, -0.2) is 8.78 Å². The first kappa shape index (κ1) is 18.2. The molecule has 0 saturated carbocycles. The van der Waals surface area contributed by atoms with E-state index in [0.29, 0.717) is 6.08 Å². The Morgan fingerprint density at radius 2 is 1.71 bits per heavy atom. The molecule has 0 aliphatic carbocycles. The highest BCUT2D eigenvalue weighted by Gasteiger charge is 2.22. The zero-order chi connectivity index (χ0) is 17.7. The van der Waals surface area contributed by atoms with Gasteiger partial charge >= 0.3 is 6.18 Å². The van der Waals surface area contributed by atoms with Gasteiger partial charge in [-0.2, -0.15) is 13.2 Å². The second-order valence-corrected chi connectivity index (χ2v) is 5.53. The average molecular weight is 340 g/mol. The van der Waals surface area contributed by atoms with Crippen LogP contribution in [0.3, 0.4) is 0 Å². The molecule has 24 heavy (non-hydrogen) atoms. The second kappa shape index (κ2) is 7.60. The smallest absolute Gasteiger partial charge is 0.206 e. The number of rotatable bonds is 5. The highest BCUT2D eigenvalue weighted by molar-refractivity contribution is 5.67. The van der Waals surface area contributed by atoms with Gasteiger partial charge in [0.25, 0.3) is 0 Å². The summed E-state index contributed by atoms with van der Waals surface area (Å²) in [5, 5.41) is 0. The van der Waals surface area contributed by atoms with Crippen LogP contribution >= 0.6 is 0 Å². The van der Waals surface area contributed by atoms with Crippen LogP contribution in [0.25, 0.3) is 17.2 Å². The summed E-state index contributed by atoms with van der Waals surface area (Å²) < 4.78 is 64.6. The van der Waals surface area contributed by atoms with E-state index in [1.165, 1.54) is 18.2 Å². The van der Waals surface area contributed by atoms with Crippen molar-refractivity contribution in [2.24, 2.45) is 0 Å². The molecule has 0 N–H and O–H groups in total. The SMILES string of the molecule is CCCCc1ccc(-c2ccc(/C=C/C(F)(F)F)c(F)c2)c(F)c1. The minimum absolute atomic E-state index is 0.0335. The summed E-state index contributed by atoms with van der Waals surface area (Å²) in [5.41, 5.74) is 1.18. The lowest BCUT2D eigenvalue weighted by Crippen LogP contribution is -2.00. The van der Waals surface area contributed by atoms with Crippen LogP contribution in [-0.4, -0.2) is 6.18 Å². The van der Waals surface area contributed by atoms with E-state index in [1.807, 2.05) is 6.92 Å². The van der Waals surface area contributed by atoms with Gasteiger partial charge in [0.05, 0.1) is 0 Å². The number of halogens is 5. The van der Waals surface area contributed by atoms with Gasteiger partial charge < -0.3 is 0 Å². The Bertz CT molecular complexity index is 729. The van der Waals surface area contributed by atoms with Crippen LogP contribution in [0.4, 0.5) is 22.0 Å². The third-order valence-corrected chi connectivity index (χ3v) is 3.62. The summed E-state index contributed by atoms with van der Waals surface area (Å²) in [7, 11) is 0. The maximum Gasteiger partial charge on any atom is 0.409 e. The first-order chi connectivity index (χ1) is 11.3. The minimum Gasteiger partial charge on any atom is -0.206 e. The van der Waals surface area contributed by atoms with E-state index in [9.17, 15) is 22.0 Å². The average Bonchev–Trinajstić information content (AvgIpc) is 2.51. The number of aryl methyl sites for hydroxylation is 1. The van der Waals surface area contributed by atoms with Gasteiger partial charge in [-0.05, 0) is 42.2 Å². The highest BCUT2D eigenvalue weighted by atomic mass is 19.4. The van der Waals surface area contributed by atoms with Crippen molar-refractivity contribution in [1.82, 2.24) is 0 Å². The maximum atomic E-state index is 14.2. The number of hydrogen-bond acceptors (Lipinski definition) is 0. The molecular weight excluding hydrogens is 323 g/mol. The summed E-state index contributed by atoms with van der Waals surface area (Å²) in [5.74, 6) is -1.30. The largest absolute Gasteiger partial charge is 0.409 e. The van der Waals surface area contributed by atoms with Gasteiger partial charge in [-0.1, -0.05) is 37.6 Å². The Labute approximate surface area is 137 Å². The molecular formula is C19H17F5.